The van der Waals surface area contributed by atoms with Crippen molar-refractivity contribution in [1.82, 2.24) is 20.3 Å². The van der Waals surface area contributed by atoms with E-state index in [1.165, 1.54) is 4.68 Å². The van der Waals surface area contributed by atoms with Crippen molar-refractivity contribution in [3.8, 4) is 5.69 Å². The fourth-order valence-corrected chi connectivity index (χ4v) is 1.56. The van der Waals surface area contributed by atoms with Crippen LogP contribution in [0.1, 0.15) is 0 Å². The van der Waals surface area contributed by atoms with E-state index in [2.05, 4.69) is 20.9 Å². The second kappa shape index (κ2) is 6.43. The zero-order chi connectivity index (χ0) is 14.4. The van der Waals surface area contributed by atoms with Gasteiger partial charge in [0.2, 0.25) is 11.8 Å². The van der Waals surface area contributed by atoms with E-state index in [-0.39, 0.29) is 24.9 Å². The number of carbonyl (C=O) groups is 2. The van der Waals surface area contributed by atoms with Crippen LogP contribution >= 0.6 is 0 Å². The summed E-state index contributed by atoms with van der Waals surface area (Å²) < 4.78 is 1.54. The highest BCUT2D eigenvalue weighted by Gasteiger charge is 2.09. The van der Waals surface area contributed by atoms with Crippen LogP contribution in [0, 0.1) is 0 Å². The summed E-state index contributed by atoms with van der Waals surface area (Å²) in [6, 6.07) is 7.14. The van der Waals surface area contributed by atoms with Crippen LogP contribution < -0.4 is 16.4 Å². The molecule has 8 heteroatoms. The SMILES string of the molecule is NCC(=O)NCC(=O)Nc1ccccc1-n1ccnn1. The molecule has 0 atom stereocenters. The summed E-state index contributed by atoms with van der Waals surface area (Å²) in [6.07, 6.45) is 3.21. The van der Waals surface area contributed by atoms with Gasteiger partial charge in [-0.2, -0.15) is 0 Å². The number of hydrogen-bond acceptors (Lipinski definition) is 5. The quantitative estimate of drug-likeness (QED) is 0.665. The number of nitrogens with one attached hydrogen (secondary N) is 2. The van der Waals surface area contributed by atoms with Crippen LogP contribution in [0.2, 0.25) is 0 Å². The lowest BCUT2D eigenvalue weighted by Gasteiger charge is -2.10. The number of para-hydroxylation sites is 2. The fourth-order valence-electron chi connectivity index (χ4n) is 1.56. The molecule has 0 saturated carbocycles. The van der Waals surface area contributed by atoms with Gasteiger partial charge in [-0.3, -0.25) is 9.59 Å². The first kappa shape index (κ1) is 13.7. The standard InChI is InChI=1S/C12H14N6O2/c13-7-11(19)14-8-12(20)16-9-3-1-2-4-10(9)18-6-5-15-17-18/h1-6H,7-8,13H2,(H,14,19)(H,16,20). The van der Waals surface area contributed by atoms with Crippen molar-refractivity contribution in [3.05, 3.63) is 36.7 Å². The molecule has 2 amide bonds. The van der Waals surface area contributed by atoms with Crippen LogP contribution in [0.15, 0.2) is 36.7 Å². The number of aromatic nitrogens is 3. The summed E-state index contributed by atoms with van der Waals surface area (Å²) >= 11 is 0. The van der Waals surface area contributed by atoms with Crippen LogP contribution in [0.3, 0.4) is 0 Å². The number of benzene rings is 1. The Morgan fingerprint density at radius 3 is 2.75 bits per heavy atom. The molecule has 0 aliphatic heterocycles. The van der Waals surface area contributed by atoms with Crippen molar-refractivity contribution in [2.45, 2.75) is 0 Å². The Kier molecular flexibility index (Phi) is 4.40. The highest BCUT2D eigenvalue weighted by Crippen LogP contribution is 2.18. The van der Waals surface area contributed by atoms with Crippen LogP contribution in [-0.4, -0.2) is 39.9 Å². The molecular weight excluding hydrogens is 260 g/mol. The van der Waals surface area contributed by atoms with Crippen molar-refractivity contribution >= 4 is 17.5 Å². The number of carbonyl (C=O) groups excluding carboxylic acids is 2. The van der Waals surface area contributed by atoms with E-state index in [1.807, 2.05) is 6.07 Å². The van der Waals surface area contributed by atoms with Gasteiger partial charge < -0.3 is 16.4 Å². The Morgan fingerprint density at radius 2 is 2.05 bits per heavy atom. The Hall–Kier alpha value is -2.74. The van der Waals surface area contributed by atoms with Crippen molar-refractivity contribution < 1.29 is 9.59 Å². The molecule has 0 bridgehead atoms. The smallest absolute Gasteiger partial charge is 0.243 e. The van der Waals surface area contributed by atoms with E-state index >= 15 is 0 Å². The van der Waals surface area contributed by atoms with E-state index in [0.29, 0.717) is 11.4 Å². The Balaban J connectivity index is 2.06. The second-order valence-corrected chi connectivity index (χ2v) is 3.89. The highest BCUT2D eigenvalue weighted by atomic mass is 16.2. The third-order valence-electron chi connectivity index (χ3n) is 2.48. The first-order chi connectivity index (χ1) is 9.70. The van der Waals surface area contributed by atoms with Gasteiger partial charge in [0, 0.05) is 0 Å². The van der Waals surface area contributed by atoms with Crippen LogP contribution in [-0.2, 0) is 9.59 Å². The maximum Gasteiger partial charge on any atom is 0.243 e. The normalized spacial score (nSPS) is 10.1. The molecule has 0 spiro atoms. The van der Waals surface area contributed by atoms with Gasteiger partial charge in [-0.25, -0.2) is 4.68 Å². The Bertz CT molecular complexity index is 596. The number of anilines is 1. The van der Waals surface area contributed by atoms with Gasteiger partial charge >= 0.3 is 0 Å². The number of nitrogens with zero attached hydrogens (tertiary/aromatic N) is 3. The Labute approximate surface area is 115 Å². The van der Waals surface area contributed by atoms with Crippen molar-refractivity contribution in [3.63, 3.8) is 0 Å². The molecule has 0 saturated heterocycles. The number of hydrogen-bond donors (Lipinski definition) is 3. The van der Waals surface area contributed by atoms with E-state index in [0.717, 1.165) is 0 Å². The van der Waals surface area contributed by atoms with Gasteiger partial charge in [0.1, 0.15) is 0 Å². The largest absolute Gasteiger partial charge is 0.346 e. The van der Waals surface area contributed by atoms with Gasteiger partial charge in [-0.05, 0) is 12.1 Å². The molecule has 0 unspecified atom stereocenters. The molecule has 0 radical (unpaired) electrons. The number of amides is 2. The summed E-state index contributed by atoms with van der Waals surface area (Å²) in [4.78, 5) is 22.7. The van der Waals surface area contributed by atoms with Crippen molar-refractivity contribution in [2.24, 2.45) is 5.73 Å². The third kappa shape index (κ3) is 3.39. The van der Waals surface area contributed by atoms with Crippen LogP contribution in [0.5, 0.6) is 0 Å². The molecule has 20 heavy (non-hydrogen) atoms. The van der Waals surface area contributed by atoms with Crippen LogP contribution in [0.25, 0.3) is 5.69 Å². The minimum atomic E-state index is -0.385. The van der Waals surface area contributed by atoms with Gasteiger partial charge in [0.25, 0.3) is 0 Å². The lowest BCUT2D eigenvalue weighted by Crippen LogP contribution is -2.36. The van der Waals surface area contributed by atoms with Crippen LogP contribution in [0.4, 0.5) is 5.69 Å². The zero-order valence-corrected chi connectivity index (χ0v) is 10.6. The van der Waals surface area contributed by atoms with Gasteiger partial charge in [0.15, 0.2) is 0 Å². The lowest BCUT2D eigenvalue weighted by molar-refractivity contribution is -0.123. The first-order valence-corrected chi connectivity index (χ1v) is 5.93. The molecule has 1 aromatic carbocycles. The van der Waals surface area contributed by atoms with E-state index < -0.39 is 0 Å². The molecule has 0 fully saturated rings. The summed E-state index contributed by atoms with van der Waals surface area (Å²) in [5.74, 6) is -0.732. The molecular formula is C12H14N6O2. The maximum absolute atomic E-state index is 11.7. The molecule has 1 aromatic heterocycles. The molecule has 2 aromatic rings. The fraction of sp³-hybridized carbons (Fsp3) is 0.167. The molecule has 4 N–H and O–H groups in total. The minimum absolute atomic E-state index is 0.137. The minimum Gasteiger partial charge on any atom is -0.346 e. The second-order valence-electron chi connectivity index (χ2n) is 3.89. The molecule has 0 aliphatic rings. The summed E-state index contributed by atoms with van der Waals surface area (Å²) in [6.45, 7) is -0.287. The topological polar surface area (TPSA) is 115 Å². The van der Waals surface area contributed by atoms with Crippen molar-refractivity contribution in [2.75, 3.05) is 18.4 Å². The van der Waals surface area contributed by atoms with Gasteiger partial charge in [-0.15, -0.1) is 5.10 Å². The maximum atomic E-state index is 11.7. The van der Waals surface area contributed by atoms with Gasteiger partial charge in [0.05, 0.1) is 36.9 Å². The monoisotopic (exact) mass is 274 g/mol. The molecule has 8 nitrogen and oxygen atoms in total. The summed E-state index contributed by atoms with van der Waals surface area (Å²) in [5.41, 5.74) is 6.39. The molecule has 2 rings (SSSR count). The first-order valence-electron chi connectivity index (χ1n) is 5.93. The molecule has 1 heterocycles. The summed E-state index contributed by atoms with van der Waals surface area (Å²) in [5, 5.41) is 12.7. The van der Waals surface area contributed by atoms with Gasteiger partial charge in [-0.1, -0.05) is 17.3 Å². The molecule has 0 aliphatic carbocycles. The highest BCUT2D eigenvalue weighted by molar-refractivity contribution is 5.96. The number of nitrogens with two attached hydrogens (primary N) is 1. The zero-order valence-electron chi connectivity index (χ0n) is 10.6. The average molecular weight is 274 g/mol. The van der Waals surface area contributed by atoms with E-state index in [9.17, 15) is 9.59 Å². The number of rotatable bonds is 5. The average Bonchev–Trinajstić information content (AvgIpc) is 2.99. The summed E-state index contributed by atoms with van der Waals surface area (Å²) in [7, 11) is 0. The lowest BCUT2D eigenvalue weighted by atomic mass is 10.2. The predicted octanol–water partition coefficient (Wildman–Crippen LogP) is -0.719. The van der Waals surface area contributed by atoms with E-state index in [4.69, 9.17) is 5.73 Å². The Morgan fingerprint density at radius 1 is 1.25 bits per heavy atom. The molecule has 104 valence electrons. The third-order valence-corrected chi connectivity index (χ3v) is 2.48. The van der Waals surface area contributed by atoms with Crippen molar-refractivity contribution in [1.29, 1.82) is 0 Å². The van der Waals surface area contributed by atoms with E-state index in [1.54, 1.807) is 30.6 Å². The predicted molar refractivity (Wildman–Crippen MR) is 72.1 cm³/mol.